The Morgan fingerprint density at radius 2 is 2.25 bits per heavy atom. The second kappa shape index (κ2) is 6.40. The van der Waals surface area contributed by atoms with Gasteiger partial charge < -0.3 is 0 Å². The highest BCUT2D eigenvalue weighted by molar-refractivity contribution is 5.60. The van der Waals surface area contributed by atoms with Crippen LogP contribution in [0.4, 0.5) is 0 Å². The van der Waals surface area contributed by atoms with Gasteiger partial charge in [0.05, 0.1) is 11.9 Å². The molecule has 1 rings (SSSR count). The predicted molar refractivity (Wildman–Crippen MR) is 56.8 cm³/mol. The molecule has 1 aromatic rings. The van der Waals surface area contributed by atoms with Crippen LogP contribution in [0.3, 0.4) is 0 Å². The van der Waals surface area contributed by atoms with E-state index in [1.807, 2.05) is 32.9 Å². The lowest BCUT2D eigenvalue weighted by molar-refractivity contribution is 1.08. The second-order valence-electron chi connectivity index (χ2n) is 1.94. The fraction of sp³-hybridized carbons (Fsp3) is 0.300. The molecular weight excluding hydrogens is 148 g/mol. The zero-order chi connectivity index (χ0) is 9.40. The van der Waals surface area contributed by atoms with Crippen LogP contribution in [0, 0.1) is 0 Å². The normalized spacial score (nSPS) is 9.25. The number of hydrogen-bond acceptors (Lipinski definition) is 1. The highest BCUT2D eigenvalue weighted by Crippen LogP contribution is 2.06. The first-order chi connectivity index (χ1) is 5.88. The van der Waals surface area contributed by atoms with E-state index in [0.29, 0.717) is 0 Å². The highest BCUT2D eigenvalue weighted by Gasteiger charge is 1.93. The summed E-state index contributed by atoms with van der Waals surface area (Å²) in [6.07, 6.45) is 7.48. The summed E-state index contributed by atoms with van der Waals surface area (Å²) in [5.41, 5.74) is 2.05. The summed E-state index contributed by atoms with van der Waals surface area (Å²) in [6.45, 7) is 9.61. The highest BCUT2D eigenvalue weighted by atomic mass is 15.1. The fourth-order valence-corrected chi connectivity index (χ4v) is 0.781. The Balaban J connectivity index is 0. The molecule has 0 amide bonds. The van der Waals surface area contributed by atoms with Gasteiger partial charge in [0.25, 0.3) is 0 Å². The molecule has 1 heterocycles. The minimum atomic E-state index is 0. The number of aromatic amines is 1. The van der Waals surface area contributed by atoms with Gasteiger partial charge in [-0.1, -0.05) is 32.6 Å². The maximum absolute atomic E-state index is 3.86. The smallest absolute Gasteiger partial charge is 0.0644 e. The van der Waals surface area contributed by atoms with Crippen molar-refractivity contribution < 1.29 is 1.43 Å². The van der Waals surface area contributed by atoms with E-state index in [1.165, 1.54) is 0 Å². The first-order valence-corrected chi connectivity index (χ1v) is 4.17. The average molecular weight is 166 g/mol. The van der Waals surface area contributed by atoms with Crippen LogP contribution in [-0.4, -0.2) is 10.2 Å². The van der Waals surface area contributed by atoms with Crippen molar-refractivity contribution in [2.75, 3.05) is 0 Å². The molecule has 0 radical (unpaired) electrons. The molecule has 0 aromatic carbocycles. The molecule has 0 saturated carbocycles. The molecule has 1 N–H and O–H groups in total. The van der Waals surface area contributed by atoms with Crippen LogP contribution in [0.2, 0.25) is 0 Å². The van der Waals surface area contributed by atoms with E-state index in [-0.39, 0.29) is 1.43 Å². The van der Waals surface area contributed by atoms with Gasteiger partial charge in [0, 0.05) is 6.99 Å². The standard InChI is InChI=1S/C8H10N2.C2H6.H2/c1-3-5-7-6-9-10-8(7)4-2;1-2;/h3-6H,2H2,1H3,(H,9,10);1-2H3;1H/b5-3-;;. The van der Waals surface area contributed by atoms with E-state index in [1.54, 1.807) is 12.3 Å². The molecule has 0 saturated heterocycles. The third-order valence-electron chi connectivity index (χ3n) is 1.25. The summed E-state index contributed by atoms with van der Waals surface area (Å²) in [4.78, 5) is 0. The lowest BCUT2D eigenvalue weighted by Gasteiger charge is -1.85. The summed E-state index contributed by atoms with van der Waals surface area (Å²) in [5, 5.41) is 6.68. The number of hydrogen-bond donors (Lipinski definition) is 1. The molecule has 2 heteroatoms. The molecule has 0 spiro atoms. The van der Waals surface area contributed by atoms with Crippen molar-refractivity contribution in [1.29, 1.82) is 0 Å². The van der Waals surface area contributed by atoms with Gasteiger partial charge in [-0.25, -0.2) is 0 Å². The predicted octanol–water partition coefficient (Wildman–Crippen LogP) is 3.36. The van der Waals surface area contributed by atoms with E-state index in [0.717, 1.165) is 11.3 Å². The number of nitrogens with one attached hydrogen (secondary N) is 1. The Bertz CT molecular complexity index is 251. The Labute approximate surface area is 75.5 Å². The minimum absolute atomic E-state index is 0. The van der Waals surface area contributed by atoms with Gasteiger partial charge in [0.2, 0.25) is 0 Å². The molecule has 0 aliphatic heterocycles. The van der Waals surface area contributed by atoms with Crippen molar-refractivity contribution in [2.45, 2.75) is 20.8 Å². The summed E-state index contributed by atoms with van der Waals surface area (Å²) < 4.78 is 0. The Kier molecular flexibility index (Phi) is 5.70. The van der Waals surface area contributed by atoms with Crippen molar-refractivity contribution in [3.05, 3.63) is 30.1 Å². The van der Waals surface area contributed by atoms with Gasteiger partial charge in [-0.05, 0) is 13.0 Å². The number of H-pyrrole nitrogens is 1. The van der Waals surface area contributed by atoms with Gasteiger partial charge in [-0.3, -0.25) is 5.10 Å². The SMILES string of the molecule is C=Cc1[nH]ncc1/C=C\C.CC.[HH]. The monoisotopic (exact) mass is 166 g/mol. The maximum Gasteiger partial charge on any atom is 0.0644 e. The fourth-order valence-electron chi connectivity index (χ4n) is 0.781. The molecule has 0 bridgehead atoms. The van der Waals surface area contributed by atoms with Crippen LogP contribution >= 0.6 is 0 Å². The van der Waals surface area contributed by atoms with Crippen LogP contribution in [0.15, 0.2) is 18.9 Å². The summed E-state index contributed by atoms with van der Waals surface area (Å²) in [6, 6.07) is 0. The van der Waals surface area contributed by atoms with Crippen LogP contribution in [0.1, 0.15) is 33.5 Å². The Morgan fingerprint density at radius 3 is 2.75 bits per heavy atom. The molecule has 0 aliphatic carbocycles. The van der Waals surface area contributed by atoms with Gasteiger partial charge in [0.15, 0.2) is 0 Å². The molecule has 12 heavy (non-hydrogen) atoms. The Morgan fingerprint density at radius 1 is 1.58 bits per heavy atom. The molecule has 0 unspecified atom stereocenters. The van der Waals surface area contributed by atoms with E-state index >= 15 is 0 Å². The van der Waals surface area contributed by atoms with Crippen LogP contribution in [0.5, 0.6) is 0 Å². The van der Waals surface area contributed by atoms with Crippen molar-refractivity contribution >= 4 is 12.2 Å². The number of allylic oxidation sites excluding steroid dienone is 1. The van der Waals surface area contributed by atoms with Gasteiger partial charge in [-0.2, -0.15) is 5.10 Å². The molecule has 2 nitrogen and oxygen atoms in total. The van der Waals surface area contributed by atoms with Crippen LogP contribution in [-0.2, 0) is 0 Å². The first kappa shape index (κ1) is 10.7. The third kappa shape index (κ3) is 2.74. The number of nitrogens with zero attached hydrogens (tertiary/aromatic N) is 1. The van der Waals surface area contributed by atoms with Gasteiger partial charge >= 0.3 is 0 Å². The number of rotatable bonds is 2. The van der Waals surface area contributed by atoms with Crippen molar-refractivity contribution in [1.82, 2.24) is 10.2 Å². The van der Waals surface area contributed by atoms with Gasteiger partial charge in [0.1, 0.15) is 0 Å². The lowest BCUT2D eigenvalue weighted by Crippen LogP contribution is -1.72. The lowest BCUT2D eigenvalue weighted by atomic mass is 10.2. The zero-order valence-electron chi connectivity index (χ0n) is 7.96. The van der Waals surface area contributed by atoms with E-state index < -0.39 is 0 Å². The topological polar surface area (TPSA) is 28.7 Å². The largest absolute Gasteiger partial charge is 0.278 e. The van der Waals surface area contributed by atoms with Crippen molar-refractivity contribution in [3.8, 4) is 0 Å². The van der Waals surface area contributed by atoms with Crippen LogP contribution in [0.25, 0.3) is 12.2 Å². The molecular formula is C10H18N2. The molecule has 0 fully saturated rings. The zero-order valence-corrected chi connectivity index (χ0v) is 7.96. The summed E-state index contributed by atoms with van der Waals surface area (Å²) in [7, 11) is 0. The van der Waals surface area contributed by atoms with E-state index in [9.17, 15) is 0 Å². The maximum atomic E-state index is 3.86. The Hall–Kier alpha value is -1.31. The molecule has 0 aliphatic rings. The second-order valence-corrected chi connectivity index (χ2v) is 1.94. The quantitative estimate of drug-likeness (QED) is 0.717. The molecule has 68 valence electrons. The minimum Gasteiger partial charge on any atom is -0.278 e. The van der Waals surface area contributed by atoms with E-state index in [4.69, 9.17) is 0 Å². The average Bonchev–Trinajstić information content (AvgIpc) is 2.56. The van der Waals surface area contributed by atoms with E-state index in [2.05, 4.69) is 16.8 Å². The molecule has 1 aromatic heterocycles. The van der Waals surface area contributed by atoms with Crippen LogP contribution < -0.4 is 0 Å². The summed E-state index contributed by atoms with van der Waals surface area (Å²) >= 11 is 0. The van der Waals surface area contributed by atoms with Crippen molar-refractivity contribution in [3.63, 3.8) is 0 Å². The summed E-state index contributed by atoms with van der Waals surface area (Å²) in [5.74, 6) is 0. The first-order valence-electron chi connectivity index (χ1n) is 4.17. The van der Waals surface area contributed by atoms with Crippen molar-refractivity contribution in [2.24, 2.45) is 0 Å². The van der Waals surface area contributed by atoms with Gasteiger partial charge in [-0.15, -0.1) is 0 Å². The third-order valence-corrected chi connectivity index (χ3v) is 1.25. The number of aromatic nitrogens is 2. The molecule has 0 atom stereocenters.